The Kier molecular flexibility index (Phi) is 6.37. The molecule has 1 atom stereocenters. The Hall–Kier alpha value is -2.69. The van der Waals surface area contributed by atoms with Crippen LogP contribution < -0.4 is 10.5 Å². The van der Waals surface area contributed by atoms with Crippen LogP contribution in [-0.4, -0.2) is 18.5 Å². The molecule has 1 aliphatic heterocycles. The van der Waals surface area contributed by atoms with Crippen molar-refractivity contribution < 1.29 is 23.8 Å². The number of esters is 2. The van der Waals surface area contributed by atoms with Gasteiger partial charge in [0, 0.05) is 22.5 Å². The summed E-state index contributed by atoms with van der Waals surface area (Å²) >= 11 is 12.7. The molecule has 0 amide bonds. The Balaban J connectivity index is 2.70. The monoisotopic (exact) mass is 410 g/mol. The zero-order chi connectivity index (χ0) is 20.3. The fourth-order valence-electron chi connectivity index (χ4n) is 2.71. The van der Waals surface area contributed by atoms with Crippen molar-refractivity contribution in [1.29, 1.82) is 5.26 Å². The molecule has 2 rings (SSSR count). The molecule has 0 fully saturated rings. The third-order valence-corrected chi connectivity index (χ3v) is 4.33. The molecule has 27 heavy (non-hydrogen) atoms. The van der Waals surface area contributed by atoms with Crippen molar-refractivity contribution in [2.24, 2.45) is 5.73 Å². The van der Waals surface area contributed by atoms with Crippen LogP contribution >= 0.6 is 23.2 Å². The molecule has 1 aromatic rings. The Morgan fingerprint density at radius 2 is 1.93 bits per heavy atom. The minimum atomic E-state index is -0.992. The van der Waals surface area contributed by atoms with E-state index in [1.807, 2.05) is 6.07 Å². The summed E-state index contributed by atoms with van der Waals surface area (Å²) in [6.45, 7) is 4.53. The molecule has 0 spiro atoms. The van der Waals surface area contributed by atoms with Gasteiger partial charge in [-0.3, -0.25) is 4.79 Å². The maximum absolute atomic E-state index is 12.5. The minimum absolute atomic E-state index is 0.0345. The first kappa shape index (κ1) is 20.6. The summed E-state index contributed by atoms with van der Waals surface area (Å²) in [6.07, 6.45) is 0. The van der Waals surface area contributed by atoms with E-state index in [2.05, 4.69) is 0 Å². The lowest BCUT2D eigenvalue weighted by atomic mass is 9.83. The molecule has 1 aliphatic rings. The Bertz CT molecular complexity index is 892. The summed E-state index contributed by atoms with van der Waals surface area (Å²) in [6, 6.07) is 4.66. The number of ether oxygens (including phenoxy) is 3. The molecule has 1 heterocycles. The van der Waals surface area contributed by atoms with Gasteiger partial charge in [-0.25, -0.2) is 4.79 Å². The van der Waals surface area contributed by atoms with Crippen LogP contribution in [0.5, 0.6) is 5.75 Å². The molecule has 1 aromatic carbocycles. The molecule has 0 aromatic heterocycles. The quantitative estimate of drug-likeness (QED) is 0.596. The molecule has 0 aliphatic carbocycles. The van der Waals surface area contributed by atoms with E-state index in [0.717, 1.165) is 0 Å². The summed E-state index contributed by atoms with van der Waals surface area (Å²) in [7, 11) is 0. The van der Waals surface area contributed by atoms with Crippen molar-refractivity contribution >= 4 is 35.1 Å². The minimum Gasteiger partial charge on any atom is -0.463 e. The van der Waals surface area contributed by atoms with E-state index >= 15 is 0 Å². The standard InChI is InChI=1S/C18H16Cl2N2O5/c1-4-25-18(24)14-8(2)26-17(22)11(7-21)15(14)16-12(19)5-10(6-13(16)20)27-9(3)23/h5-6,15H,4,22H2,1-3H3. The van der Waals surface area contributed by atoms with Gasteiger partial charge in [0.2, 0.25) is 5.88 Å². The zero-order valence-electron chi connectivity index (χ0n) is 14.8. The molecule has 7 nitrogen and oxygen atoms in total. The number of nitrogens with two attached hydrogens (primary N) is 1. The third-order valence-electron chi connectivity index (χ3n) is 3.70. The van der Waals surface area contributed by atoms with E-state index in [-0.39, 0.29) is 50.8 Å². The van der Waals surface area contributed by atoms with Crippen LogP contribution in [0.25, 0.3) is 0 Å². The molecular weight excluding hydrogens is 395 g/mol. The summed E-state index contributed by atoms with van der Waals surface area (Å²) < 4.78 is 15.4. The van der Waals surface area contributed by atoms with Gasteiger partial charge in [0.05, 0.1) is 18.1 Å². The third kappa shape index (κ3) is 4.18. The second-order valence-electron chi connectivity index (χ2n) is 5.51. The highest BCUT2D eigenvalue weighted by Gasteiger charge is 2.38. The van der Waals surface area contributed by atoms with Gasteiger partial charge in [-0.2, -0.15) is 5.26 Å². The number of carbonyl (C=O) groups is 2. The highest BCUT2D eigenvalue weighted by Crippen LogP contribution is 2.46. The largest absolute Gasteiger partial charge is 0.463 e. The smallest absolute Gasteiger partial charge is 0.338 e. The van der Waals surface area contributed by atoms with E-state index in [4.69, 9.17) is 43.1 Å². The zero-order valence-corrected chi connectivity index (χ0v) is 16.3. The van der Waals surface area contributed by atoms with Crippen LogP contribution in [0.2, 0.25) is 10.0 Å². The lowest BCUT2D eigenvalue weighted by Gasteiger charge is -2.28. The normalized spacial score (nSPS) is 16.5. The average Bonchev–Trinajstić information content (AvgIpc) is 2.53. The molecular formula is C18H16Cl2N2O5. The number of rotatable bonds is 4. The summed E-state index contributed by atoms with van der Waals surface area (Å²) in [5.41, 5.74) is 6.11. The second kappa shape index (κ2) is 8.33. The Labute approximate surface area is 165 Å². The molecule has 9 heteroatoms. The van der Waals surface area contributed by atoms with Crippen LogP contribution in [-0.2, 0) is 19.1 Å². The number of nitriles is 1. The van der Waals surface area contributed by atoms with Crippen molar-refractivity contribution in [1.82, 2.24) is 0 Å². The number of carbonyl (C=O) groups excluding carboxylic acids is 2. The predicted molar refractivity (Wildman–Crippen MR) is 97.8 cm³/mol. The highest BCUT2D eigenvalue weighted by molar-refractivity contribution is 6.36. The first-order valence-electron chi connectivity index (χ1n) is 7.84. The predicted octanol–water partition coefficient (Wildman–Crippen LogP) is 3.56. The molecule has 2 N–H and O–H groups in total. The van der Waals surface area contributed by atoms with Gasteiger partial charge in [-0.05, 0) is 26.0 Å². The van der Waals surface area contributed by atoms with E-state index in [1.165, 1.54) is 26.0 Å². The number of nitrogens with zero attached hydrogens (tertiary/aromatic N) is 1. The molecule has 0 bridgehead atoms. The van der Waals surface area contributed by atoms with Crippen molar-refractivity contribution in [3.05, 3.63) is 50.5 Å². The average molecular weight is 411 g/mol. The van der Waals surface area contributed by atoms with E-state index in [9.17, 15) is 14.9 Å². The molecule has 142 valence electrons. The van der Waals surface area contributed by atoms with E-state index < -0.39 is 17.9 Å². The number of hydrogen-bond acceptors (Lipinski definition) is 7. The van der Waals surface area contributed by atoms with Crippen molar-refractivity contribution in [3.8, 4) is 11.8 Å². The van der Waals surface area contributed by atoms with Crippen LogP contribution in [0.15, 0.2) is 34.9 Å². The number of allylic oxidation sites excluding steroid dienone is 2. The maximum Gasteiger partial charge on any atom is 0.338 e. The SMILES string of the molecule is CCOC(=O)C1=C(C)OC(N)=C(C#N)C1c1c(Cl)cc(OC(C)=O)cc1Cl. The van der Waals surface area contributed by atoms with Crippen molar-refractivity contribution in [2.75, 3.05) is 6.61 Å². The molecule has 0 radical (unpaired) electrons. The van der Waals surface area contributed by atoms with Gasteiger partial charge < -0.3 is 19.9 Å². The van der Waals surface area contributed by atoms with Gasteiger partial charge >= 0.3 is 11.9 Å². The van der Waals surface area contributed by atoms with Gasteiger partial charge in [0.15, 0.2) is 0 Å². The Morgan fingerprint density at radius 1 is 1.33 bits per heavy atom. The molecule has 0 saturated heterocycles. The fraction of sp³-hybridized carbons (Fsp3) is 0.278. The lowest BCUT2D eigenvalue weighted by Crippen LogP contribution is -2.26. The number of hydrogen-bond donors (Lipinski definition) is 1. The second-order valence-corrected chi connectivity index (χ2v) is 6.32. The van der Waals surface area contributed by atoms with Gasteiger partial charge in [0.1, 0.15) is 23.2 Å². The van der Waals surface area contributed by atoms with Crippen LogP contribution in [0.4, 0.5) is 0 Å². The summed E-state index contributed by atoms with van der Waals surface area (Å²) in [4.78, 5) is 23.7. The van der Waals surface area contributed by atoms with Gasteiger partial charge in [-0.15, -0.1) is 0 Å². The van der Waals surface area contributed by atoms with Crippen LogP contribution in [0.3, 0.4) is 0 Å². The van der Waals surface area contributed by atoms with Crippen molar-refractivity contribution in [2.45, 2.75) is 26.7 Å². The van der Waals surface area contributed by atoms with Gasteiger partial charge in [0.25, 0.3) is 0 Å². The molecule has 0 saturated carbocycles. The fourth-order valence-corrected chi connectivity index (χ4v) is 3.39. The summed E-state index contributed by atoms with van der Waals surface area (Å²) in [5.74, 6) is -2.09. The van der Waals surface area contributed by atoms with Crippen LogP contribution in [0.1, 0.15) is 32.3 Å². The first-order chi connectivity index (χ1) is 12.7. The van der Waals surface area contributed by atoms with Crippen molar-refractivity contribution in [3.63, 3.8) is 0 Å². The highest BCUT2D eigenvalue weighted by atomic mass is 35.5. The number of halogens is 2. The van der Waals surface area contributed by atoms with E-state index in [1.54, 1.807) is 6.92 Å². The number of benzene rings is 1. The Morgan fingerprint density at radius 3 is 2.41 bits per heavy atom. The maximum atomic E-state index is 12.5. The van der Waals surface area contributed by atoms with E-state index in [0.29, 0.717) is 0 Å². The topological polar surface area (TPSA) is 112 Å². The summed E-state index contributed by atoms with van der Waals surface area (Å²) in [5, 5.41) is 9.73. The lowest BCUT2D eigenvalue weighted by molar-refractivity contribution is -0.139. The molecule has 1 unspecified atom stereocenters. The first-order valence-corrected chi connectivity index (χ1v) is 8.59. The van der Waals surface area contributed by atoms with Crippen LogP contribution in [0, 0.1) is 11.3 Å². The van der Waals surface area contributed by atoms with Gasteiger partial charge in [-0.1, -0.05) is 23.2 Å².